The summed E-state index contributed by atoms with van der Waals surface area (Å²) in [4.78, 5) is 12.3. The van der Waals surface area contributed by atoms with Gasteiger partial charge in [-0.05, 0) is 25.1 Å². The lowest BCUT2D eigenvalue weighted by atomic mass is 10.1. The van der Waals surface area contributed by atoms with Gasteiger partial charge in [0.05, 0.1) is 19.6 Å². The number of nitrogens with one attached hydrogen (secondary N) is 1. The second-order valence-corrected chi connectivity index (χ2v) is 5.46. The lowest BCUT2D eigenvalue weighted by Crippen LogP contribution is -2.28. The van der Waals surface area contributed by atoms with E-state index >= 15 is 0 Å². The Kier molecular flexibility index (Phi) is 4.33. The van der Waals surface area contributed by atoms with Gasteiger partial charge >= 0.3 is 0 Å². The molecular weight excluding hydrogens is 290 g/mol. The normalized spacial score (nSPS) is 12.1. The van der Waals surface area contributed by atoms with Crippen molar-refractivity contribution in [1.82, 2.24) is 5.32 Å². The summed E-state index contributed by atoms with van der Waals surface area (Å²) in [7, 11) is 1.60. The first kappa shape index (κ1) is 15.2. The molecule has 0 aliphatic heterocycles. The van der Waals surface area contributed by atoms with Crippen LogP contribution in [0.5, 0.6) is 5.75 Å². The molecule has 1 aromatic heterocycles. The number of carbonyl (C=O) groups excluding carboxylic acids is 1. The molecule has 1 heterocycles. The van der Waals surface area contributed by atoms with Crippen LogP contribution in [0.1, 0.15) is 24.3 Å². The number of ether oxygens (including phenoxy) is 1. The van der Waals surface area contributed by atoms with Gasteiger partial charge in [0.1, 0.15) is 17.1 Å². The molecule has 4 heteroatoms. The molecule has 0 radical (unpaired) electrons. The Bertz CT molecular complexity index is 789. The van der Waals surface area contributed by atoms with Gasteiger partial charge in [-0.25, -0.2) is 0 Å². The van der Waals surface area contributed by atoms with Crippen LogP contribution >= 0.6 is 0 Å². The van der Waals surface area contributed by atoms with E-state index in [4.69, 9.17) is 9.15 Å². The van der Waals surface area contributed by atoms with Gasteiger partial charge in [-0.2, -0.15) is 0 Å². The van der Waals surface area contributed by atoms with Crippen molar-refractivity contribution in [1.29, 1.82) is 0 Å². The molecule has 1 amide bonds. The fourth-order valence-electron chi connectivity index (χ4n) is 2.60. The number of rotatable bonds is 5. The van der Waals surface area contributed by atoms with Crippen molar-refractivity contribution in [2.24, 2.45) is 0 Å². The van der Waals surface area contributed by atoms with Crippen LogP contribution in [0.15, 0.2) is 59.0 Å². The number of carbonyl (C=O) groups is 1. The number of hydrogen-bond donors (Lipinski definition) is 1. The zero-order valence-corrected chi connectivity index (χ0v) is 13.2. The van der Waals surface area contributed by atoms with E-state index in [1.54, 1.807) is 7.11 Å². The zero-order chi connectivity index (χ0) is 16.2. The van der Waals surface area contributed by atoms with Crippen LogP contribution in [0.2, 0.25) is 0 Å². The number of para-hydroxylation sites is 2. The van der Waals surface area contributed by atoms with Crippen molar-refractivity contribution < 1.29 is 13.9 Å². The molecule has 23 heavy (non-hydrogen) atoms. The molecule has 3 rings (SSSR count). The second-order valence-electron chi connectivity index (χ2n) is 5.46. The van der Waals surface area contributed by atoms with Crippen LogP contribution in [0.25, 0.3) is 11.0 Å². The van der Waals surface area contributed by atoms with E-state index in [-0.39, 0.29) is 18.4 Å². The van der Waals surface area contributed by atoms with E-state index in [9.17, 15) is 4.79 Å². The van der Waals surface area contributed by atoms with Crippen LogP contribution in [0, 0.1) is 0 Å². The topological polar surface area (TPSA) is 51.5 Å². The Labute approximate surface area is 135 Å². The van der Waals surface area contributed by atoms with Gasteiger partial charge in [0, 0.05) is 10.9 Å². The summed E-state index contributed by atoms with van der Waals surface area (Å²) >= 11 is 0. The summed E-state index contributed by atoms with van der Waals surface area (Å²) in [5.41, 5.74) is 1.69. The van der Waals surface area contributed by atoms with Gasteiger partial charge in [-0.1, -0.05) is 36.4 Å². The zero-order valence-electron chi connectivity index (χ0n) is 13.2. The van der Waals surface area contributed by atoms with E-state index in [2.05, 4.69) is 5.32 Å². The van der Waals surface area contributed by atoms with Crippen molar-refractivity contribution >= 4 is 16.9 Å². The maximum absolute atomic E-state index is 12.3. The molecule has 0 saturated carbocycles. The van der Waals surface area contributed by atoms with Crippen LogP contribution in [-0.2, 0) is 11.2 Å². The minimum absolute atomic E-state index is 0.0672. The third-order valence-corrected chi connectivity index (χ3v) is 3.79. The first-order valence-electron chi connectivity index (χ1n) is 7.57. The van der Waals surface area contributed by atoms with Gasteiger partial charge < -0.3 is 14.5 Å². The molecule has 0 spiro atoms. The number of furan rings is 1. The standard InChI is InChI=1S/C19H19NO3/c1-13(18-11-14-7-4-6-10-17(14)23-18)20-19(21)12-15-8-3-5-9-16(15)22-2/h3-11,13H,12H2,1-2H3,(H,20,21)/t13-/m0/s1. The Morgan fingerprint density at radius 2 is 1.91 bits per heavy atom. The lowest BCUT2D eigenvalue weighted by Gasteiger charge is -2.12. The van der Waals surface area contributed by atoms with E-state index in [1.165, 1.54) is 0 Å². The van der Waals surface area contributed by atoms with Gasteiger partial charge in [-0.15, -0.1) is 0 Å². The molecule has 0 aliphatic rings. The molecule has 0 aliphatic carbocycles. The van der Waals surface area contributed by atoms with Gasteiger partial charge in [0.2, 0.25) is 5.91 Å². The number of methoxy groups -OCH3 is 1. The minimum atomic E-state index is -0.190. The molecule has 1 atom stereocenters. The maximum atomic E-state index is 12.3. The highest BCUT2D eigenvalue weighted by molar-refractivity contribution is 5.80. The molecule has 0 unspecified atom stereocenters. The van der Waals surface area contributed by atoms with Crippen molar-refractivity contribution in [2.45, 2.75) is 19.4 Å². The van der Waals surface area contributed by atoms with Crippen LogP contribution < -0.4 is 10.1 Å². The molecule has 0 fully saturated rings. The van der Waals surface area contributed by atoms with E-state index < -0.39 is 0 Å². The smallest absolute Gasteiger partial charge is 0.225 e. The summed E-state index contributed by atoms with van der Waals surface area (Å²) in [6.45, 7) is 1.91. The average molecular weight is 309 g/mol. The Morgan fingerprint density at radius 1 is 1.17 bits per heavy atom. The lowest BCUT2D eigenvalue weighted by molar-refractivity contribution is -0.121. The number of hydrogen-bond acceptors (Lipinski definition) is 3. The molecule has 4 nitrogen and oxygen atoms in total. The largest absolute Gasteiger partial charge is 0.496 e. The molecule has 3 aromatic rings. The third kappa shape index (κ3) is 3.37. The van der Waals surface area contributed by atoms with Crippen molar-refractivity contribution in [2.75, 3.05) is 7.11 Å². The predicted octanol–water partition coefficient (Wildman–Crippen LogP) is 3.86. The van der Waals surface area contributed by atoms with Crippen LogP contribution in [-0.4, -0.2) is 13.0 Å². The van der Waals surface area contributed by atoms with Crippen molar-refractivity contribution in [3.63, 3.8) is 0 Å². The first-order valence-corrected chi connectivity index (χ1v) is 7.57. The summed E-state index contributed by atoms with van der Waals surface area (Å²) in [6, 6.07) is 17.1. The van der Waals surface area contributed by atoms with E-state index in [0.29, 0.717) is 0 Å². The number of amides is 1. The summed E-state index contributed by atoms with van der Waals surface area (Å²) in [5.74, 6) is 1.40. The van der Waals surface area contributed by atoms with Gasteiger partial charge in [0.15, 0.2) is 0 Å². The SMILES string of the molecule is COc1ccccc1CC(=O)N[C@@H](C)c1cc2ccccc2o1. The maximum Gasteiger partial charge on any atom is 0.225 e. The third-order valence-electron chi connectivity index (χ3n) is 3.79. The van der Waals surface area contributed by atoms with Crippen molar-refractivity contribution in [3.8, 4) is 5.75 Å². The monoisotopic (exact) mass is 309 g/mol. The fraction of sp³-hybridized carbons (Fsp3) is 0.211. The molecule has 2 aromatic carbocycles. The molecule has 0 saturated heterocycles. The van der Waals surface area contributed by atoms with Gasteiger partial charge in [-0.3, -0.25) is 4.79 Å². The highest BCUT2D eigenvalue weighted by atomic mass is 16.5. The fourth-order valence-corrected chi connectivity index (χ4v) is 2.60. The predicted molar refractivity (Wildman–Crippen MR) is 89.5 cm³/mol. The average Bonchev–Trinajstić information content (AvgIpc) is 2.99. The van der Waals surface area contributed by atoms with Crippen LogP contribution in [0.3, 0.4) is 0 Å². The quantitative estimate of drug-likeness (QED) is 0.778. The highest BCUT2D eigenvalue weighted by Crippen LogP contribution is 2.24. The second kappa shape index (κ2) is 6.57. The number of fused-ring (bicyclic) bond motifs is 1. The highest BCUT2D eigenvalue weighted by Gasteiger charge is 2.15. The molecular formula is C19H19NO3. The first-order chi connectivity index (χ1) is 11.2. The number of benzene rings is 2. The molecule has 1 N–H and O–H groups in total. The Morgan fingerprint density at radius 3 is 2.70 bits per heavy atom. The minimum Gasteiger partial charge on any atom is -0.496 e. The Hall–Kier alpha value is -2.75. The summed E-state index contributed by atoms with van der Waals surface area (Å²) in [5, 5.41) is 4.00. The van der Waals surface area contributed by atoms with Crippen LogP contribution in [0.4, 0.5) is 0 Å². The molecule has 0 bridgehead atoms. The van der Waals surface area contributed by atoms with Crippen molar-refractivity contribution in [3.05, 3.63) is 65.9 Å². The summed E-state index contributed by atoms with van der Waals surface area (Å²) in [6.07, 6.45) is 0.272. The summed E-state index contributed by atoms with van der Waals surface area (Å²) < 4.78 is 11.1. The van der Waals surface area contributed by atoms with Gasteiger partial charge in [0.25, 0.3) is 0 Å². The van der Waals surface area contributed by atoms with E-state index in [0.717, 1.165) is 28.0 Å². The molecule has 118 valence electrons. The van der Waals surface area contributed by atoms with E-state index in [1.807, 2.05) is 61.5 Å². The Balaban J connectivity index is 1.69.